The number of nitrogens with zero attached hydrogens (tertiary/aromatic N) is 2. The molecule has 46 heavy (non-hydrogen) atoms. The number of nitrogen functional groups attached to an aromatic ring is 1. The molecule has 0 bridgehead atoms. The number of carboxylic acid groups (broad SMARTS) is 1. The Morgan fingerprint density at radius 1 is 0.978 bits per heavy atom. The highest BCUT2D eigenvalue weighted by molar-refractivity contribution is 7.17. The molecule has 234 valence electrons. The lowest BCUT2D eigenvalue weighted by atomic mass is 9.88. The Bertz CT molecular complexity index is 2000. The number of imidazole rings is 1. The van der Waals surface area contributed by atoms with E-state index in [-0.39, 0.29) is 17.7 Å². The predicted octanol–water partition coefficient (Wildman–Crippen LogP) is 7.51. The summed E-state index contributed by atoms with van der Waals surface area (Å²) in [5, 5.41) is 21.3. The molecule has 1 atom stereocenters. The number of nitrogens with one attached hydrogen (secondary N) is 2. The van der Waals surface area contributed by atoms with Crippen LogP contribution in [0.1, 0.15) is 29.0 Å². The van der Waals surface area contributed by atoms with Crippen molar-refractivity contribution in [2.24, 2.45) is 5.73 Å². The van der Waals surface area contributed by atoms with Gasteiger partial charge in [-0.3, -0.25) is 14.8 Å². The zero-order valence-corrected chi connectivity index (χ0v) is 25.0. The van der Waals surface area contributed by atoms with E-state index in [1.807, 2.05) is 95.8 Å². The largest absolute Gasteiger partial charge is 0.490 e. The predicted molar refractivity (Wildman–Crippen MR) is 174 cm³/mol. The minimum atomic E-state index is -5.08. The number of fused-ring (bicyclic) bond motifs is 2. The molecule has 0 saturated carbocycles. The van der Waals surface area contributed by atoms with Crippen LogP contribution in [0, 0.1) is 5.41 Å². The number of benzene rings is 4. The Balaban J connectivity index is 0.000000537. The number of aliphatic carboxylic acids is 1. The Morgan fingerprint density at radius 2 is 1.65 bits per heavy atom. The van der Waals surface area contributed by atoms with Gasteiger partial charge in [-0.05, 0) is 88.8 Å². The van der Waals surface area contributed by atoms with Crippen molar-refractivity contribution in [1.29, 1.82) is 5.41 Å². The molecule has 2 aromatic heterocycles. The van der Waals surface area contributed by atoms with Crippen LogP contribution in [0.25, 0.3) is 26.8 Å². The summed E-state index contributed by atoms with van der Waals surface area (Å²) >= 11 is 1.65. The van der Waals surface area contributed by atoms with Gasteiger partial charge in [0.1, 0.15) is 12.2 Å². The van der Waals surface area contributed by atoms with Crippen molar-refractivity contribution < 1.29 is 27.9 Å². The lowest BCUT2D eigenvalue weighted by Gasteiger charge is -2.17. The van der Waals surface area contributed by atoms with Gasteiger partial charge in [-0.15, -0.1) is 11.3 Å². The summed E-state index contributed by atoms with van der Waals surface area (Å²) in [5.74, 6) is -2.79. The van der Waals surface area contributed by atoms with Crippen molar-refractivity contribution in [2.45, 2.75) is 24.9 Å². The Labute approximate surface area is 265 Å². The van der Waals surface area contributed by atoms with Crippen molar-refractivity contribution in [1.82, 2.24) is 9.55 Å². The maximum Gasteiger partial charge on any atom is 0.490 e. The average Bonchev–Trinajstić information content (AvgIpc) is 3.66. The Hall–Kier alpha value is -5.49. The maximum atomic E-state index is 13.3. The number of amidine groups is 1. The molecule has 6 rings (SSSR count). The maximum absolute atomic E-state index is 13.3. The monoisotopic (exact) mass is 643 g/mol. The molecule has 4 aromatic carbocycles. The van der Waals surface area contributed by atoms with Gasteiger partial charge in [0.05, 0.1) is 11.0 Å². The molecule has 0 aliphatic rings. The van der Waals surface area contributed by atoms with Gasteiger partial charge in [0.2, 0.25) is 5.91 Å². The van der Waals surface area contributed by atoms with Crippen molar-refractivity contribution in [3.05, 3.63) is 125 Å². The lowest BCUT2D eigenvalue weighted by Crippen LogP contribution is -2.21. The number of para-hydroxylation sites is 2. The van der Waals surface area contributed by atoms with E-state index in [1.165, 1.54) is 5.56 Å². The number of carbonyl (C=O) groups is 2. The number of rotatable bonds is 8. The molecule has 8 nitrogen and oxygen atoms in total. The van der Waals surface area contributed by atoms with Gasteiger partial charge in [-0.2, -0.15) is 13.2 Å². The number of amides is 1. The number of nitrogens with two attached hydrogens (primary N) is 1. The van der Waals surface area contributed by atoms with Crippen molar-refractivity contribution >= 4 is 55.9 Å². The number of hydrogen-bond donors (Lipinski definition) is 4. The zero-order chi connectivity index (χ0) is 32.8. The molecule has 0 spiro atoms. The SMILES string of the molecule is N=C(N)c1ccc2scc(C(CC(=O)Nc3ccc(-n4cnc5ccccc54)cc3)Cc3ccccc3)c2c1.O=C(O)C(F)(F)F. The molecule has 0 fully saturated rings. The van der Waals surface area contributed by atoms with Gasteiger partial charge in [0, 0.05) is 28.1 Å². The highest BCUT2D eigenvalue weighted by Gasteiger charge is 2.38. The summed E-state index contributed by atoms with van der Waals surface area (Å²) in [4.78, 5) is 26.7. The summed E-state index contributed by atoms with van der Waals surface area (Å²) in [6, 6.07) is 31.9. The van der Waals surface area contributed by atoms with E-state index < -0.39 is 12.1 Å². The van der Waals surface area contributed by atoms with E-state index in [9.17, 15) is 18.0 Å². The third-order valence-electron chi connectivity index (χ3n) is 7.24. The molecule has 1 amide bonds. The number of carboxylic acids is 1. The quantitative estimate of drug-likeness (QED) is 0.101. The van der Waals surface area contributed by atoms with Crippen LogP contribution >= 0.6 is 11.3 Å². The van der Waals surface area contributed by atoms with Gasteiger partial charge in [0.25, 0.3) is 0 Å². The van der Waals surface area contributed by atoms with E-state index in [1.54, 1.807) is 11.3 Å². The molecule has 2 heterocycles. The fraction of sp³-hybridized carbons (Fsp3) is 0.118. The van der Waals surface area contributed by atoms with Gasteiger partial charge < -0.3 is 16.2 Å². The standard InChI is InChI=1S/C32H27N5OS.C2HF3O2/c33-32(34)22-10-15-30-26(17-22)27(19-39-30)23(16-21-6-2-1-3-7-21)18-31(38)36-24-11-13-25(14-12-24)37-20-35-28-8-4-5-9-29(28)37;3-2(4,5)1(6)7/h1-15,17,19-20,23H,16,18H2,(H3,33,34)(H,36,38);(H,6,7). The van der Waals surface area contributed by atoms with Crippen LogP contribution in [0.2, 0.25) is 0 Å². The number of alkyl halides is 3. The van der Waals surface area contributed by atoms with Crippen molar-refractivity contribution in [3.8, 4) is 5.69 Å². The number of carbonyl (C=O) groups excluding carboxylic acids is 1. The van der Waals surface area contributed by atoms with Crippen molar-refractivity contribution in [2.75, 3.05) is 5.32 Å². The van der Waals surface area contributed by atoms with E-state index in [0.29, 0.717) is 12.0 Å². The first-order valence-electron chi connectivity index (χ1n) is 14.0. The molecule has 6 aromatic rings. The van der Waals surface area contributed by atoms with Crippen LogP contribution < -0.4 is 11.1 Å². The second-order valence-corrected chi connectivity index (χ2v) is 11.3. The molecular weight excluding hydrogens is 615 g/mol. The fourth-order valence-corrected chi connectivity index (χ4v) is 6.05. The van der Waals surface area contributed by atoms with Crippen LogP contribution in [0.4, 0.5) is 18.9 Å². The first-order chi connectivity index (χ1) is 22.0. The topological polar surface area (TPSA) is 134 Å². The van der Waals surface area contributed by atoms with Crippen molar-refractivity contribution in [3.63, 3.8) is 0 Å². The molecule has 0 saturated heterocycles. The number of aromatic nitrogens is 2. The van der Waals surface area contributed by atoms with E-state index in [0.717, 1.165) is 44.5 Å². The summed E-state index contributed by atoms with van der Waals surface area (Å²) in [6.07, 6.45) is -2.20. The summed E-state index contributed by atoms with van der Waals surface area (Å²) in [5.41, 5.74) is 12.5. The number of thiophene rings is 1. The first kappa shape index (κ1) is 31.9. The lowest BCUT2D eigenvalue weighted by molar-refractivity contribution is -0.192. The zero-order valence-electron chi connectivity index (χ0n) is 24.2. The minimum Gasteiger partial charge on any atom is -0.475 e. The Kier molecular flexibility index (Phi) is 9.47. The van der Waals surface area contributed by atoms with Gasteiger partial charge in [0.15, 0.2) is 0 Å². The van der Waals surface area contributed by atoms with E-state index >= 15 is 0 Å². The second-order valence-electron chi connectivity index (χ2n) is 10.4. The number of hydrogen-bond acceptors (Lipinski definition) is 5. The van der Waals surface area contributed by atoms with Gasteiger partial charge in [-0.25, -0.2) is 9.78 Å². The van der Waals surface area contributed by atoms with Gasteiger partial charge in [-0.1, -0.05) is 42.5 Å². The molecule has 0 radical (unpaired) electrons. The third kappa shape index (κ3) is 7.59. The molecule has 0 aliphatic carbocycles. The molecule has 12 heteroatoms. The Morgan fingerprint density at radius 3 is 2.33 bits per heavy atom. The van der Waals surface area contributed by atoms with Crippen LogP contribution in [-0.4, -0.2) is 38.5 Å². The van der Waals surface area contributed by atoms with E-state index in [2.05, 4.69) is 27.8 Å². The highest BCUT2D eigenvalue weighted by atomic mass is 32.1. The molecule has 0 aliphatic heterocycles. The second kappa shape index (κ2) is 13.7. The first-order valence-corrected chi connectivity index (χ1v) is 14.9. The van der Waals surface area contributed by atoms with Crippen LogP contribution in [0.3, 0.4) is 0 Å². The van der Waals surface area contributed by atoms with Crippen LogP contribution in [-0.2, 0) is 16.0 Å². The molecular formula is C34H28F3N5O3S. The summed E-state index contributed by atoms with van der Waals surface area (Å²) in [7, 11) is 0. The van der Waals surface area contributed by atoms with Gasteiger partial charge >= 0.3 is 12.1 Å². The summed E-state index contributed by atoms with van der Waals surface area (Å²) in [6.45, 7) is 0. The molecule has 5 N–H and O–H groups in total. The normalized spacial score (nSPS) is 11.9. The number of halogens is 3. The third-order valence-corrected chi connectivity index (χ3v) is 8.22. The fourth-order valence-electron chi connectivity index (χ4n) is 5.03. The van der Waals surface area contributed by atoms with Crippen LogP contribution in [0.15, 0.2) is 109 Å². The summed E-state index contributed by atoms with van der Waals surface area (Å²) < 4.78 is 34.9. The van der Waals surface area contributed by atoms with Crippen LogP contribution in [0.5, 0.6) is 0 Å². The smallest absolute Gasteiger partial charge is 0.475 e. The van der Waals surface area contributed by atoms with E-state index in [4.69, 9.17) is 21.0 Å². The average molecular weight is 644 g/mol. The minimum absolute atomic E-state index is 0.0278. The molecule has 1 unspecified atom stereocenters. The number of anilines is 1. The highest BCUT2D eigenvalue weighted by Crippen LogP contribution is 2.36.